The second kappa shape index (κ2) is 8.78. The van der Waals surface area contributed by atoms with E-state index in [2.05, 4.69) is 26.6 Å². The lowest BCUT2D eigenvalue weighted by molar-refractivity contribution is -0.139. The molecule has 116 valence electrons. The second-order valence-corrected chi connectivity index (χ2v) is 6.05. The highest BCUT2D eigenvalue weighted by Crippen LogP contribution is 2.24. The Balaban J connectivity index is 2.67. The third-order valence-corrected chi connectivity index (χ3v) is 3.68. The van der Waals surface area contributed by atoms with E-state index in [0.29, 0.717) is 23.6 Å². The predicted molar refractivity (Wildman–Crippen MR) is 87.3 cm³/mol. The fourth-order valence-corrected chi connectivity index (χ4v) is 2.51. The summed E-state index contributed by atoms with van der Waals surface area (Å²) in [5.41, 5.74) is 0.507. The number of benzene rings is 1. The molecule has 0 aliphatic heterocycles. The number of thioether (sulfide) groups is 1. The molecular formula is C13H17BrN2O4S. The van der Waals surface area contributed by atoms with Crippen molar-refractivity contribution in [2.24, 2.45) is 0 Å². The number of carboxylic acid groups (broad SMARTS) is 1. The minimum absolute atomic E-state index is 0.367. The lowest BCUT2D eigenvalue weighted by Crippen LogP contribution is -2.43. The number of urea groups is 1. The van der Waals surface area contributed by atoms with Gasteiger partial charge in [-0.25, -0.2) is 9.59 Å². The van der Waals surface area contributed by atoms with Gasteiger partial charge in [-0.2, -0.15) is 11.8 Å². The topological polar surface area (TPSA) is 87.7 Å². The van der Waals surface area contributed by atoms with E-state index in [1.807, 2.05) is 6.26 Å². The summed E-state index contributed by atoms with van der Waals surface area (Å²) in [6, 6.07) is 3.61. The summed E-state index contributed by atoms with van der Waals surface area (Å²) in [6.07, 6.45) is 2.25. The third kappa shape index (κ3) is 6.26. The second-order valence-electron chi connectivity index (χ2n) is 4.15. The number of carboxylic acids is 1. The largest absolute Gasteiger partial charge is 0.497 e. The summed E-state index contributed by atoms with van der Waals surface area (Å²) in [6.45, 7) is 0. The molecule has 2 amide bonds. The summed E-state index contributed by atoms with van der Waals surface area (Å²) in [4.78, 5) is 22.9. The molecule has 0 bridgehead atoms. The van der Waals surface area contributed by atoms with Crippen LogP contribution in [0, 0.1) is 0 Å². The number of aliphatic carboxylic acids is 1. The van der Waals surface area contributed by atoms with Crippen molar-refractivity contribution in [1.82, 2.24) is 5.32 Å². The number of methoxy groups -OCH3 is 1. The Morgan fingerprint density at radius 2 is 2.14 bits per heavy atom. The molecule has 0 aliphatic carbocycles. The molecule has 0 spiro atoms. The van der Waals surface area contributed by atoms with Gasteiger partial charge in [0, 0.05) is 16.2 Å². The Labute approximate surface area is 135 Å². The van der Waals surface area contributed by atoms with Gasteiger partial charge in [0.05, 0.1) is 7.11 Å². The number of ether oxygens (including phenoxy) is 1. The van der Waals surface area contributed by atoms with Gasteiger partial charge in [-0.1, -0.05) is 15.9 Å². The van der Waals surface area contributed by atoms with Crippen LogP contribution in [0.4, 0.5) is 10.5 Å². The number of hydrogen-bond acceptors (Lipinski definition) is 4. The minimum Gasteiger partial charge on any atom is -0.497 e. The van der Waals surface area contributed by atoms with E-state index in [-0.39, 0.29) is 0 Å². The normalized spacial score (nSPS) is 11.6. The molecule has 0 unspecified atom stereocenters. The fourth-order valence-electron chi connectivity index (χ4n) is 1.57. The molecule has 0 saturated carbocycles. The lowest BCUT2D eigenvalue weighted by Gasteiger charge is -2.15. The summed E-state index contributed by atoms with van der Waals surface area (Å²) in [7, 11) is 1.52. The summed E-state index contributed by atoms with van der Waals surface area (Å²) < 4.78 is 5.84. The van der Waals surface area contributed by atoms with Crippen molar-refractivity contribution < 1.29 is 19.4 Å². The van der Waals surface area contributed by atoms with E-state index in [0.717, 1.165) is 4.47 Å². The molecule has 21 heavy (non-hydrogen) atoms. The van der Waals surface area contributed by atoms with Crippen molar-refractivity contribution in [3.05, 3.63) is 22.7 Å². The Hall–Kier alpha value is -1.41. The first-order chi connectivity index (χ1) is 9.96. The van der Waals surface area contributed by atoms with Crippen molar-refractivity contribution in [1.29, 1.82) is 0 Å². The summed E-state index contributed by atoms with van der Waals surface area (Å²) >= 11 is 4.83. The van der Waals surface area contributed by atoms with Crippen LogP contribution in [0.15, 0.2) is 22.7 Å². The van der Waals surface area contributed by atoms with Gasteiger partial charge in [-0.3, -0.25) is 0 Å². The number of carbonyl (C=O) groups is 2. The number of anilines is 1. The summed E-state index contributed by atoms with van der Waals surface area (Å²) in [5.74, 6) is 0.185. The molecule has 0 fully saturated rings. The van der Waals surface area contributed by atoms with E-state index in [4.69, 9.17) is 9.84 Å². The van der Waals surface area contributed by atoms with Gasteiger partial charge >= 0.3 is 12.0 Å². The van der Waals surface area contributed by atoms with Gasteiger partial charge in [-0.05, 0) is 30.6 Å². The Bertz CT molecular complexity index is 513. The van der Waals surface area contributed by atoms with Gasteiger partial charge in [0.15, 0.2) is 0 Å². The fraction of sp³-hybridized carbons (Fsp3) is 0.385. The monoisotopic (exact) mass is 376 g/mol. The minimum atomic E-state index is -1.05. The van der Waals surface area contributed by atoms with Gasteiger partial charge < -0.3 is 20.5 Å². The maximum atomic E-state index is 11.9. The maximum absolute atomic E-state index is 11.9. The van der Waals surface area contributed by atoms with E-state index in [1.165, 1.54) is 18.9 Å². The predicted octanol–water partition coefficient (Wildman–Crippen LogP) is 2.79. The maximum Gasteiger partial charge on any atom is 0.326 e. The van der Waals surface area contributed by atoms with Gasteiger partial charge in [-0.15, -0.1) is 0 Å². The van der Waals surface area contributed by atoms with Crippen molar-refractivity contribution in [3.63, 3.8) is 0 Å². The average molecular weight is 377 g/mol. The van der Waals surface area contributed by atoms with Crippen molar-refractivity contribution >= 4 is 45.4 Å². The average Bonchev–Trinajstić information content (AvgIpc) is 2.42. The van der Waals surface area contributed by atoms with Crippen LogP contribution in [-0.2, 0) is 4.79 Å². The Morgan fingerprint density at radius 3 is 2.71 bits per heavy atom. The summed E-state index contributed by atoms with van der Waals surface area (Å²) in [5, 5.41) is 14.1. The number of rotatable bonds is 7. The molecule has 0 aliphatic rings. The van der Waals surface area contributed by atoms with E-state index in [9.17, 15) is 9.59 Å². The molecule has 0 radical (unpaired) electrons. The SMILES string of the molecule is COc1cc(Br)cc(NC(=O)N[C@@H](CCSC)C(=O)O)c1. The molecule has 0 heterocycles. The number of nitrogens with one attached hydrogen (secondary N) is 2. The van der Waals surface area contributed by atoms with Crippen molar-refractivity contribution in [2.75, 3.05) is 24.4 Å². The van der Waals surface area contributed by atoms with Crippen LogP contribution < -0.4 is 15.4 Å². The van der Waals surface area contributed by atoms with Gasteiger partial charge in [0.2, 0.25) is 0 Å². The molecule has 1 rings (SSSR count). The van der Waals surface area contributed by atoms with Gasteiger partial charge in [0.25, 0.3) is 0 Å². The standard InChI is InChI=1S/C13H17BrN2O4S/c1-20-10-6-8(14)5-9(7-10)15-13(19)16-11(12(17)18)3-4-21-2/h5-7,11H,3-4H2,1-2H3,(H,17,18)(H2,15,16,19)/t11-/m0/s1. The molecule has 0 aromatic heterocycles. The Kier molecular flexibility index (Phi) is 7.38. The lowest BCUT2D eigenvalue weighted by atomic mass is 10.2. The zero-order valence-electron chi connectivity index (χ0n) is 11.7. The molecule has 1 atom stereocenters. The Morgan fingerprint density at radius 1 is 1.43 bits per heavy atom. The molecule has 3 N–H and O–H groups in total. The molecule has 0 saturated heterocycles. The molecule has 1 aromatic carbocycles. The first-order valence-electron chi connectivity index (χ1n) is 6.10. The first kappa shape index (κ1) is 17.6. The molecular weight excluding hydrogens is 360 g/mol. The van der Waals surface area contributed by atoms with Crippen LogP contribution in [0.25, 0.3) is 0 Å². The highest BCUT2D eigenvalue weighted by molar-refractivity contribution is 9.10. The zero-order chi connectivity index (χ0) is 15.8. The first-order valence-corrected chi connectivity index (χ1v) is 8.28. The van der Waals surface area contributed by atoms with Crippen molar-refractivity contribution in [2.45, 2.75) is 12.5 Å². The zero-order valence-corrected chi connectivity index (χ0v) is 14.1. The number of hydrogen-bond donors (Lipinski definition) is 3. The molecule has 8 heteroatoms. The van der Waals surface area contributed by atoms with E-state index < -0.39 is 18.0 Å². The number of halogens is 1. The van der Waals surface area contributed by atoms with Crippen LogP contribution >= 0.6 is 27.7 Å². The van der Waals surface area contributed by atoms with Crippen molar-refractivity contribution in [3.8, 4) is 5.75 Å². The third-order valence-electron chi connectivity index (χ3n) is 2.58. The highest BCUT2D eigenvalue weighted by Gasteiger charge is 2.19. The van der Waals surface area contributed by atoms with Crippen LogP contribution in [0.5, 0.6) is 5.75 Å². The highest BCUT2D eigenvalue weighted by atomic mass is 79.9. The van der Waals surface area contributed by atoms with Crippen LogP contribution in [0.3, 0.4) is 0 Å². The van der Waals surface area contributed by atoms with Crippen LogP contribution in [-0.4, -0.2) is 42.3 Å². The van der Waals surface area contributed by atoms with E-state index >= 15 is 0 Å². The van der Waals surface area contributed by atoms with Crippen LogP contribution in [0.1, 0.15) is 6.42 Å². The smallest absolute Gasteiger partial charge is 0.326 e. The van der Waals surface area contributed by atoms with Crippen LogP contribution in [0.2, 0.25) is 0 Å². The molecule has 1 aromatic rings. The quantitative estimate of drug-likeness (QED) is 0.680. The number of carbonyl (C=O) groups excluding carboxylic acids is 1. The number of amides is 2. The molecule has 6 nitrogen and oxygen atoms in total. The van der Waals surface area contributed by atoms with E-state index in [1.54, 1.807) is 18.2 Å². The van der Waals surface area contributed by atoms with Gasteiger partial charge in [0.1, 0.15) is 11.8 Å².